The normalized spacial score (nSPS) is 19.1. The molecule has 0 fully saturated rings. The summed E-state index contributed by atoms with van der Waals surface area (Å²) in [4.78, 5) is 48.5. The Hall–Kier alpha value is -3.75. The van der Waals surface area contributed by atoms with E-state index in [0.717, 1.165) is 30.4 Å². The fourth-order valence-corrected chi connectivity index (χ4v) is 8.27. The third-order valence-electron chi connectivity index (χ3n) is 10.8. The zero-order valence-electron chi connectivity index (χ0n) is 33.0. The Labute approximate surface area is 319 Å². The molecule has 0 radical (unpaired) electrons. The quantitative estimate of drug-likeness (QED) is 0.118. The van der Waals surface area contributed by atoms with Crippen LogP contribution in [0.15, 0.2) is 29.6 Å². The van der Waals surface area contributed by atoms with Crippen LogP contribution < -0.4 is 16.0 Å². The van der Waals surface area contributed by atoms with Crippen LogP contribution in [0, 0.1) is 17.8 Å². The van der Waals surface area contributed by atoms with Gasteiger partial charge in [0.05, 0.1) is 12.0 Å². The number of nitrogens with one attached hydrogen (secondary N) is 4. The van der Waals surface area contributed by atoms with Gasteiger partial charge in [0, 0.05) is 37.0 Å². The van der Waals surface area contributed by atoms with Crippen LogP contribution in [0.3, 0.4) is 0 Å². The maximum atomic E-state index is 14.6. The molecule has 0 bridgehead atoms. The Bertz CT molecular complexity index is 1600. The summed E-state index contributed by atoms with van der Waals surface area (Å²) in [5, 5.41) is 26.8. The maximum Gasteiger partial charge on any atom is 0.270 e. The average Bonchev–Trinajstić information content (AvgIpc) is 3.88. The summed E-state index contributed by atoms with van der Waals surface area (Å²) in [6.07, 6.45) is 3.77. The van der Waals surface area contributed by atoms with Crippen LogP contribution in [-0.2, 0) is 20.7 Å². The van der Waals surface area contributed by atoms with Gasteiger partial charge in [-0.1, -0.05) is 90.8 Å². The van der Waals surface area contributed by atoms with Gasteiger partial charge in [-0.05, 0) is 62.1 Å². The minimum Gasteiger partial charge on any atom is -0.371 e. The summed E-state index contributed by atoms with van der Waals surface area (Å²) in [6, 6.07) is 6.80. The zero-order valence-corrected chi connectivity index (χ0v) is 33.8. The molecular formula is C39H61N9O4S. The lowest BCUT2D eigenvalue weighted by molar-refractivity contribution is -0.142. The molecule has 4 rings (SSSR count). The molecule has 3 aromatic rings. The number of H-pyrrole nitrogens is 1. The van der Waals surface area contributed by atoms with Crippen molar-refractivity contribution in [1.82, 2.24) is 46.5 Å². The van der Waals surface area contributed by atoms with E-state index in [9.17, 15) is 14.4 Å². The highest BCUT2D eigenvalue weighted by Gasteiger charge is 2.38. The van der Waals surface area contributed by atoms with Crippen molar-refractivity contribution in [1.29, 1.82) is 0 Å². The fourth-order valence-electron chi connectivity index (χ4n) is 7.41. The Morgan fingerprint density at radius 3 is 2.38 bits per heavy atom. The van der Waals surface area contributed by atoms with Gasteiger partial charge in [-0.15, -0.1) is 21.5 Å². The van der Waals surface area contributed by atoms with Crippen LogP contribution in [0.4, 0.5) is 0 Å². The van der Waals surface area contributed by atoms with Crippen LogP contribution >= 0.6 is 11.3 Å². The first kappa shape index (κ1) is 42.0. The van der Waals surface area contributed by atoms with Gasteiger partial charge in [-0.2, -0.15) is 5.21 Å². The predicted octanol–water partition coefficient (Wildman–Crippen LogP) is 5.43. The zero-order chi connectivity index (χ0) is 38.7. The first-order valence-electron chi connectivity index (χ1n) is 19.4. The number of tetrazole rings is 1. The first-order chi connectivity index (χ1) is 25.5. The average molecular weight is 752 g/mol. The van der Waals surface area contributed by atoms with Crippen molar-refractivity contribution in [2.45, 2.75) is 130 Å². The molecular weight excluding hydrogens is 691 g/mol. The molecule has 2 heterocycles. The molecule has 13 nitrogen and oxygen atoms in total. The minimum absolute atomic E-state index is 0.0593. The number of ether oxygens (including phenoxy) is 1. The van der Waals surface area contributed by atoms with Crippen molar-refractivity contribution in [3.63, 3.8) is 0 Å². The summed E-state index contributed by atoms with van der Waals surface area (Å²) in [7, 11) is 1.79. The fraction of sp³-hybridized carbons (Fsp3) is 0.667. The van der Waals surface area contributed by atoms with E-state index in [0.29, 0.717) is 48.9 Å². The standard InChI is InChI=1S/C39H61N9O4S/c1-10-18-48(39(51)34(25(8)12-3)43-37(50)33(40-9)24(7)11-2)31(23(5)6)21-32(52-13-4)38-42-30(22-53-38)36(49)41-27-19-26-16-14-15-17-28(26)29(20-27)35-44-46-47-45-35/h14-17,22-25,27,29,31-34,40H,10-13,18-21H2,1-9H3,(H,41,49)(H,43,50)(H,44,45,46,47)/t24-,25-,27-,29+,31+,32+,33+,34-/m0/s1. The van der Waals surface area contributed by atoms with Crippen molar-refractivity contribution in [3.05, 3.63) is 57.3 Å². The number of carbonyl (C=O) groups excluding carboxylic acids is 3. The van der Waals surface area contributed by atoms with E-state index in [-0.39, 0.29) is 59.5 Å². The second-order valence-electron chi connectivity index (χ2n) is 14.7. The smallest absolute Gasteiger partial charge is 0.270 e. The van der Waals surface area contributed by atoms with Crippen molar-refractivity contribution < 1.29 is 19.1 Å². The number of likely N-dealkylation sites (N-methyl/N-ethyl adjacent to an activating group) is 1. The van der Waals surface area contributed by atoms with E-state index in [1.807, 2.05) is 44.7 Å². The number of amides is 3. The topological polar surface area (TPSA) is 167 Å². The number of rotatable bonds is 20. The molecule has 14 heteroatoms. The first-order valence-corrected chi connectivity index (χ1v) is 20.3. The second kappa shape index (κ2) is 20.1. The van der Waals surface area contributed by atoms with Gasteiger partial charge in [-0.3, -0.25) is 14.4 Å². The molecule has 1 aliphatic rings. The van der Waals surface area contributed by atoms with E-state index in [1.165, 1.54) is 11.3 Å². The SMILES string of the molecule is CCCN(C(=O)[C@@H](NC(=O)[C@H](NC)[C@@H](C)CC)[C@@H](C)CC)[C@H](C[C@@H](OCC)c1nc(C(=O)N[C@H]2Cc3ccccc3[C@H](c3nn[nH]n3)C2)cs1)C(C)C. The molecule has 1 aliphatic carbocycles. The van der Waals surface area contributed by atoms with Crippen LogP contribution in [-0.4, -0.2) is 92.6 Å². The largest absolute Gasteiger partial charge is 0.371 e. The Balaban J connectivity index is 1.53. The van der Waals surface area contributed by atoms with Gasteiger partial charge in [0.15, 0.2) is 5.82 Å². The molecule has 0 saturated heterocycles. The van der Waals surface area contributed by atoms with Gasteiger partial charge in [-0.25, -0.2) is 4.98 Å². The highest BCUT2D eigenvalue weighted by molar-refractivity contribution is 7.09. The molecule has 0 unspecified atom stereocenters. The monoisotopic (exact) mass is 751 g/mol. The van der Waals surface area contributed by atoms with Gasteiger partial charge in [0.2, 0.25) is 11.8 Å². The number of aromatic nitrogens is 5. The summed E-state index contributed by atoms with van der Waals surface area (Å²) < 4.78 is 6.31. The van der Waals surface area contributed by atoms with Gasteiger partial charge in [0.25, 0.3) is 5.91 Å². The van der Waals surface area contributed by atoms with E-state index < -0.39 is 12.1 Å². The summed E-state index contributed by atoms with van der Waals surface area (Å²) in [6.45, 7) is 17.4. The molecule has 4 N–H and O–H groups in total. The molecule has 8 atom stereocenters. The molecule has 3 amide bonds. The molecule has 1 aromatic carbocycles. The van der Waals surface area contributed by atoms with E-state index in [2.05, 4.69) is 76.4 Å². The van der Waals surface area contributed by atoms with Crippen LogP contribution in [0.5, 0.6) is 0 Å². The third kappa shape index (κ3) is 10.5. The van der Waals surface area contributed by atoms with E-state index >= 15 is 0 Å². The van der Waals surface area contributed by atoms with E-state index in [1.54, 1.807) is 12.4 Å². The lowest BCUT2D eigenvalue weighted by Gasteiger charge is -2.39. The number of benzene rings is 1. The number of nitrogens with zero attached hydrogens (tertiary/aromatic N) is 5. The molecule has 0 spiro atoms. The van der Waals surface area contributed by atoms with Crippen LogP contribution in [0.2, 0.25) is 0 Å². The lowest BCUT2D eigenvalue weighted by Crippen LogP contribution is -2.59. The lowest BCUT2D eigenvalue weighted by atomic mass is 9.79. The van der Waals surface area contributed by atoms with Crippen LogP contribution in [0.25, 0.3) is 0 Å². The number of fused-ring (bicyclic) bond motifs is 1. The van der Waals surface area contributed by atoms with Gasteiger partial charge < -0.3 is 25.6 Å². The van der Waals surface area contributed by atoms with Gasteiger partial charge >= 0.3 is 0 Å². The number of carbonyl (C=O) groups is 3. The number of hydrogen-bond acceptors (Lipinski definition) is 10. The molecule has 53 heavy (non-hydrogen) atoms. The van der Waals surface area contributed by atoms with E-state index in [4.69, 9.17) is 9.72 Å². The molecule has 0 saturated carbocycles. The second-order valence-corrected chi connectivity index (χ2v) is 15.6. The summed E-state index contributed by atoms with van der Waals surface area (Å²) >= 11 is 1.40. The molecule has 2 aromatic heterocycles. The number of thiazole rings is 1. The Morgan fingerprint density at radius 1 is 1.04 bits per heavy atom. The molecule has 0 aliphatic heterocycles. The van der Waals surface area contributed by atoms with Crippen molar-refractivity contribution >= 4 is 29.1 Å². The Kier molecular flexibility index (Phi) is 15.9. The summed E-state index contributed by atoms with van der Waals surface area (Å²) in [5.41, 5.74) is 2.64. The number of aromatic amines is 1. The predicted molar refractivity (Wildman–Crippen MR) is 207 cm³/mol. The maximum absolute atomic E-state index is 14.6. The van der Waals surface area contributed by atoms with Crippen LogP contribution in [0.1, 0.15) is 132 Å². The highest BCUT2D eigenvalue weighted by Crippen LogP contribution is 2.35. The minimum atomic E-state index is -0.660. The Morgan fingerprint density at radius 2 is 1.75 bits per heavy atom. The highest BCUT2D eigenvalue weighted by atomic mass is 32.1. The molecule has 292 valence electrons. The van der Waals surface area contributed by atoms with Crippen molar-refractivity contribution in [3.8, 4) is 0 Å². The van der Waals surface area contributed by atoms with Gasteiger partial charge in [0.1, 0.15) is 22.8 Å². The summed E-state index contributed by atoms with van der Waals surface area (Å²) in [5.74, 6) is 0.202. The number of hydrogen-bond donors (Lipinski definition) is 4. The van der Waals surface area contributed by atoms with Crippen molar-refractivity contribution in [2.24, 2.45) is 17.8 Å². The van der Waals surface area contributed by atoms with Crippen molar-refractivity contribution in [2.75, 3.05) is 20.2 Å². The third-order valence-corrected chi connectivity index (χ3v) is 11.7.